The number of nitrogens with one attached hydrogen (secondary N) is 11. The molecule has 0 aromatic carbocycles. The van der Waals surface area contributed by atoms with Gasteiger partial charge in [0.25, 0.3) is 0 Å². The predicted molar refractivity (Wildman–Crippen MR) is 523 cm³/mol. The lowest BCUT2D eigenvalue weighted by molar-refractivity contribution is -0.144. The van der Waals surface area contributed by atoms with Crippen molar-refractivity contribution in [3.63, 3.8) is 0 Å². The summed E-state index contributed by atoms with van der Waals surface area (Å²) in [4.78, 5) is 256. The minimum atomic E-state index is -1.37. The third-order valence-electron chi connectivity index (χ3n) is 27.7. The van der Waals surface area contributed by atoms with E-state index in [0.29, 0.717) is 83.5 Å². The Labute approximate surface area is 808 Å². The van der Waals surface area contributed by atoms with Gasteiger partial charge in [-0.3, -0.25) is 96.7 Å². The maximum Gasteiger partial charge on any atom is 0.245 e. The summed E-state index contributed by atoms with van der Waals surface area (Å²) in [6.45, 7) is 29.2. The van der Waals surface area contributed by atoms with Crippen molar-refractivity contribution in [2.24, 2.45) is 125 Å². The summed E-state index contributed by atoms with van der Waals surface area (Å²) in [7, 11) is 0. The number of rotatable bonds is 59. The van der Waals surface area contributed by atoms with Crippen molar-refractivity contribution < 1.29 is 76.7 Å². The highest BCUT2D eigenvalue weighted by atomic mass is 16.2. The van der Waals surface area contributed by atoms with Gasteiger partial charge in [0, 0.05) is 52.4 Å². The summed E-state index contributed by atoms with van der Waals surface area (Å²) in [5.74, 6) is -15.7. The number of hydrogen-bond donors (Lipinski definition) is 21. The van der Waals surface area contributed by atoms with Gasteiger partial charge in [0.1, 0.15) is 90.6 Å². The van der Waals surface area contributed by atoms with Crippen LogP contribution in [0, 0.1) is 47.3 Å². The molecule has 0 bridgehead atoms. The number of guanidine groups is 4. The van der Waals surface area contributed by atoms with Crippen molar-refractivity contribution in [1.82, 2.24) is 78.1 Å². The van der Waals surface area contributed by atoms with Crippen molar-refractivity contribution >= 4 is 118 Å². The van der Waals surface area contributed by atoms with E-state index in [4.69, 9.17) is 57.3 Å². The van der Waals surface area contributed by atoms with E-state index in [-0.39, 0.29) is 159 Å². The van der Waals surface area contributed by atoms with Gasteiger partial charge in [-0.1, -0.05) is 162 Å². The summed E-state index contributed by atoms with van der Waals surface area (Å²) in [6.07, 6.45) is 6.21. The number of likely N-dealkylation sites (tertiary alicyclic amines) is 4. The molecular weight excluding hydrogens is 1770 g/mol. The van der Waals surface area contributed by atoms with E-state index >= 15 is 28.8 Å². The van der Waals surface area contributed by atoms with Gasteiger partial charge in [-0.15, -0.1) is 0 Å². The highest BCUT2D eigenvalue weighted by Gasteiger charge is 2.48. The van der Waals surface area contributed by atoms with Crippen molar-refractivity contribution in [3.8, 4) is 0 Å². The summed E-state index contributed by atoms with van der Waals surface area (Å²) >= 11 is 0. The Morgan fingerprint density at radius 3 is 0.642 bits per heavy atom. The molecule has 0 aromatic rings. The molecule has 0 unspecified atom stereocenters. The first-order valence-corrected chi connectivity index (χ1v) is 49.6. The van der Waals surface area contributed by atoms with Crippen molar-refractivity contribution in [2.75, 3.05) is 52.4 Å². The Morgan fingerprint density at radius 1 is 0.263 bits per heavy atom. The molecule has 4 rings (SSSR count). The largest absolute Gasteiger partial charge is 0.370 e. The van der Waals surface area contributed by atoms with Crippen LogP contribution in [0.5, 0.6) is 0 Å². The fourth-order valence-corrected chi connectivity index (χ4v) is 17.3. The third-order valence-corrected chi connectivity index (χ3v) is 27.7. The lowest BCUT2D eigenvalue weighted by Gasteiger charge is -2.34. The van der Waals surface area contributed by atoms with Gasteiger partial charge < -0.3 is 135 Å². The monoisotopic (exact) mass is 1930 g/mol. The van der Waals surface area contributed by atoms with E-state index in [0.717, 1.165) is 0 Å². The van der Waals surface area contributed by atoms with Gasteiger partial charge in [0.2, 0.25) is 94.5 Å². The van der Waals surface area contributed by atoms with Crippen LogP contribution in [-0.4, -0.2) is 287 Å². The van der Waals surface area contributed by atoms with Gasteiger partial charge >= 0.3 is 0 Å². The molecule has 4 aliphatic heterocycles. The molecule has 4 heterocycles. The first-order valence-electron chi connectivity index (χ1n) is 49.6. The summed E-state index contributed by atoms with van der Waals surface area (Å²) in [6, 6.07) is -19.3. The average molecular weight is 1940 g/mol. The third kappa shape index (κ3) is 35.8. The fourth-order valence-electron chi connectivity index (χ4n) is 17.3. The van der Waals surface area contributed by atoms with Crippen LogP contribution in [0.3, 0.4) is 0 Å². The molecule has 24 atom stereocenters. The van der Waals surface area contributed by atoms with E-state index in [2.05, 4.69) is 78.5 Å². The maximum absolute atomic E-state index is 15.3. The topological polar surface area (TPSA) is 728 Å². The zero-order chi connectivity index (χ0) is 103. The first kappa shape index (κ1) is 118. The summed E-state index contributed by atoms with van der Waals surface area (Å²) < 4.78 is 0. The first-order chi connectivity index (χ1) is 64.7. The van der Waals surface area contributed by atoms with Crippen molar-refractivity contribution in [2.45, 2.75) is 362 Å². The summed E-state index contributed by atoms with van der Waals surface area (Å²) in [5.41, 5.74) is 57.2. The van der Waals surface area contributed by atoms with E-state index in [1.165, 1.54) is 19.6 Å². The normalized spacial score (nSPS) is 20.2. The second-order valence-corrected chi connectivity index (χ2v) is 37.7. The van der Waals surface area contributed by atoms with Crippen LogP contribution in [0.15, 0.2) is 20.0 Å². The second kappa shape index (κ2) is 59.0. The smallest absolute Gasteiger partial charge is 0.245 e. The molecule has 45 nitrogen and oxygen atoms in total. The van der Waals surface area contributed by atoms with Crippen LogP contribution >= 0.6 is 0 Å². The van der Waals surface area contributed by atoms with E-state index in [1.54, 1.807) is 83.1 Å². The highest BCUT2D eigenvalue weighted by molar-refractivity contribution is 6.02. The molecule has 31 N–H and O–H groups in total. The zero-order valence-electron chi connectivity index (χ0n) is 83.9. The summed E-state index contributed by atoms with van der Waals surface area (Å²) in [5, 5.41) is 31.4. The number of carbonyl (C=O) groups is 16. The maximum atomic E-state index is 15.3. The van der Waals surface area contributed by atoms with E-state index in [1.807, 2.05) is 27.7 Å². The molecule has 0 radical (unpaired) electrons. The lowest BCUT2D eigenvalue weighted by Crippen LogP contribution is -2.62. The quantitative estimate of drug-likeness (QED) is 0.0173. The van der Waals surface area contributed by atoms with Gasteiger partial charge in [-0.05, 0) is 150 Å². The van der Waals surface area contributed by atoms with Crippen molar-refractivity contribution in [3.05, 3.63) is 0 Å². The predicted octanol–water partition coefficient (Wildman–Crippen LogP) is -2.32. The number of nitrogens with two attached hydrogens (primary N) is 10. The molecule has 4 fully saturated rings. The molecular formula is C92H167N29O16. The molecule has 0 aromatic heterocycles. The Balaban J connectivity index is 1.62. The molecule has 776 valence electrons. The number of nitrogens with zero attached hydrogens (tertiary/aromatic N) is 8. The van der Waals surface area contributed by atoms with Crippen LogP contribution in [0.1, 0.15) is 265 Å². The Kier molecular flexibility index (Phi) is 50.7. The highest BCUT2D eigenvalue weighted by Crippen LogP contribution is 2.29. The number of amides is 16. The fraction of sp³-hybridized carbons (Fsp3) is 0.783. The molecule has 0 spiro atoms. The van der Waals surface area contributed by atoms with Gasteiger partial charge in [-0.2, -0.15) is 0 Å². The van der Waals surface area contributed by atoms with Crippen LogP contribution in [0.2, 0.25) is 0 Å². The Morgan fingerprint density at radius 2 is 0.445 bits per heavy atom. The lowest BCUT2D eigenvalue weighted by atomic mass is 9.94. The molecule has 0 aliphatic carbocycles. The van der Waals surface area contributed by atoms with E-state index < -0.39 is 227 Å². The standard InChI is InChI=1S/C92H167N29O16/c1-17-49(9)65(93)78(127)107-57(33-25-41-103-89(95)96)85(134)119-46-30-38-62(119)75(124)112-70(54(14)22-6)82(131)116-68(52(12)20-4)80(129)109-59(35-27-43-105-91(99)100)87(136)121-48-32-40-64(121)77(126)114-72(56(16)24-8)84(133)117-69(53(13)21-5)81(130)110-60(36-28-44-106-92(101)102)88(137)120-47-31-39-63(120)76(125)113-71(55(15)23-7)83(132)115-67(51(11)19-3)79(128)108-58(34-26-42-104-90(97)98)86(135)118-45-29-37-61(118)74(123)111-66(73(94)122)50(10)18-2/h49-72H,17-48,93H2,1-16H3,(H2,94,122)(H,107,127)(H,108,128)(H,109,129)(H,110,130)(H,111,123)(H,112,124)(H,113,125)(H,114,126)(H,115,132)(H,116,131)(H,117,133)(H4,95,96,103)(H4,97,98,104)(H4,99,100,105)(H4,101,102,106)/t49-,50-,51-,52-,53-,54-,55-,56-,57-,58-,59-,60-,61-,62-,63-,64-,65-,66-,67-,68-,69-,70-,71-,72-/m0/s1. The van der Waals surface area contributed by atoms with Gasteiger partial charge in [-0.25, -0.2) is 0 Å². The van der Waals surface area contributed by atoms with Crippen molar-refractivity contribution in [1.29, 1.82) is 0 Å². The Hall–Kier alpha value is -11.4. The second-order valence-electron chi connectivity index (χ2n) is 37.7. The SMILES string of the molecule is CC[C@H](C)[C@H](N)C(=O)N[C@@H](CCCN=C(N)N)C(=O)N1CCC[C@H]1C(=O)N[C@H](C(=O)N[C@H](C(=O)N[C@@H](CCCN=C(N)N)C(=O)N1CCC[C@H]1C(=O)N[C@H](C(=O)N[C@H](C(=O)N[C@@H](CCCN=C(N)N)C(=O)N1CCC[C@H]1C(=O)N[C@H](C(=O)N[C@H](C(=O)N[C@@H](CCCN=C(N)N)C(=O)N1CCC[C@H]1C(=O)N[C@H](C(N)=O)[C@@H](C)CC)[C@@H](C)CC)[C@@H](C)CC)[C@@H](C)CC)[C@@H](C)CC)[C@@H](C)CC)[C@@H](C)CC. The zero-order valence-corrected chi connectivity index (χ0v) is 83.9. The van der Waals surface area contributed by atoms with Crippen LogP contribution in [0.25, 0.3) is 0 Å². The average Bonchev–Trinajstić information content (AvgIpc) is 1.56. The van der Waals surface area contributed by atoms with Crippen LogP contribution in [-0.2, 0) is 76.7 Å². The van der Waals surface area contributed by atoms with E-state index in [9.17, 15) is 47.9 Å². The van der Waals surface area contributed by atoms with Gasteiger partial charge in [0.15, 0.2) is 23.8 Å². The van der Waals surface area contributed by atoms with Crippen LogP contribution < -0.4 is 116 Å². The number of carbonyl (C=O) groups excluding carboxylic acids is 16. The molecule has 16 amide bonds. The number of primary amides is 1. The van der Waals surface area contributed by atoms with Crippen LogP contribution in [0.4, 0.5) is 0 Å². The number of hydrogen-bond acceptors (Lipinski definition) is 21. The minimum absolute atomic E-state index is 0.00706. The molecule has 45 heteroatoms. The molecule has 4 aliphatic rings. The number of aliphatic imine (C=N–C) groups is 4. The molecule has 137 heavy (non-hydrogen) atoms. The molecule has 4 saturated heterocycles. The minimum Gasteiger partial charge on any atom is -0.370 e. The Bertz CT molecular complexity index is 4140. The van der Waals surface area contributed by atoms with Gasteiger partial charge in [0.05, 0.1) is 6.04 Å². The molecule has 0 saturated carbocycles.